The third-order valence-corrected chi connectivity index (χ3v) is 5.01. The fourth-order valence-electron chi connectivity index (χ4n) is 2.95. The second-order valence-electron chi connectivity index (χ2n) is 6.01. The van der Waals surface area contributed by atoms with E-state index in [1.807, 2.05) is 23.1 Å². The highest BCUT2D eigenvalue weighted by molar-refractivity contribution is 9.10. The van der Waals surface area contributed by atoms with E-state index in [1.54, 1.807) is 31.3 Å². The van der Waals surface area contributed by atoms with Gasteiger partial charge in [-0.1, -0.05) is 34.6 Å². The summed E-state index contributed by atoms with van der Waals surface area (Å²) in [5.41, 5.74) is 2.50. The van der Waals surface area contributed by atoms with Crippen molar-refractivity contribution in [1.29, 1.82) is 0 Å². The first kappa shape index (κ1) is 17.4. The van der Waals surface area contributed by atoms with E-state index < -0.39 is 0 Å². The lowest BCUT2D eigenvalue weighted by Crippen LogP contribution is -2.45. The molecule has 5 heteroatoms. The summed E-state index contributed by atoms with van der Waals surface area (Å²) < 4.78 is 1.02. The number of likely N-dealkylation sites (N-methyl/N-ethyl adjacent to an activating group) is 1. The lowest BCUT2D eigenvalue weighted by molar-refractivity contribution is -0.113. The van der Waals surface area contributed by atoms with Gasteiger partial charge in [-0.25, -0.2) is 0 Å². The van der Waals surface area contributed by atoms with Gasteiger partial charge in [0.2, 0.25) is 5.91 Å². The number of halogens is 1. The fourth-order valence-corrected chi connectivity index (χ4v) is 3.37. The molecule has 1 unspecified atom stereocenters. The molecule has 0 spiro atoms. The Morgan fingerprint density at radius 2 is 1.96 bits per heavy atom. The summed E-state index contributed by atoms with van der Waals surface area (Å²) in [4.78, 5) is 27.8. The van der Waals surface area contributed by atoms with Gasteiger partial charge in [-0.15, -0.1) is 0 Å². The maximum absolute atomic E-state index is 12.8. The van der Waals surface area contributed by atoms with Gasteiger partial charge in [0.05, 0.1) is 6.04 Å². The van der Waals surface area contributed by atoms with Crippen molar-refractivity contribution in [3.05, 3.63) is 76.8 Å². The van der Waals surface area contributed by atoms with Crippen LogP contribution >= 0.6 is 15.9 Å². The van der Waals surface area contributed by atoms with Gasteiger partial charge in [0.15, 0.2) is 0 Å². The molecule has 2 aromatic rings. The molecule has 0 aromatic heterocycles. The zero-order chi connectivity index (χ0) is 18.0. The number of benzene rings is 2. The summed E-state index contributed by atoms with van der Waals surface area (Å²) in [5.74, 6) is -0.169. The molecule has 2 amide bonds. The van der Waals surface area contributed by atoms with Crippen LogP contribution in [0.4, 0.5) is 5.69 Å². The molecule has 1 aliphatic rings. The Hall–Kier alpha value is -2.40. The maximum atomic E-state index is 12.8. The molecule has 0 aliphatic carbocycles. The molecule has 0 saturated carbocycles. The van der Waals surface area contributed by atoms with Gasteiger partial charge >= 0.3 is 0 Å². The van der Waals surface area contributed by atoms with Crippen molar-refractivity contribution in [2.24, 2.45) is 0 Å². The largest absolute Gasteiger partial charge is 0.331 e. The monoisotopic (exact) mass is 398 g/mol. The Morgan fingerprint density at radius 3 is 2.52 bits per heavy atom. The molecule has 0 N–H and O–H groups in total. The maximum Gasteiger partial charge on any atom is 0.254 e. The van der Waals surface area contributed by atoms with E-state index in [-0.39, 0.29) is 17.9 Å². The number of likely N-dealkylation sites (tertiary alicyclic amines) is 1. The van der Waals surface area contributed by atoms with Gasteiger partial charge in [-0.2, -0.15) is 0 Å². The summed E-state index contributed by atoms with van der Waals surface area (Å²) in [6.07, 6.45) is 2.23. The van der Waals surface area contributed by atoms with Crippen LogP contribution in [0.5, 0.6) is 0 Å². The molecule has 25 heavy (non-hydrogen) atoms. The Balaban J connectivity index is 1.75. The molecule has 3 rings (SSSR count). The van der Waals surface area contributed by atoms with Crippen LogP contribution in [0.25, 0.3) is 0 Å². The number of carbonyl (C=O) groups is 2. The third-order valence-electron chi connectivity index (χ3n) is 4.52. The molecule has 1 fully saturated rings. The average Bonchev–Trinajstić information content (AvgIpc) is 2.59. The molecule has 2 aromatic carbocycles. The molecular weight excluding hydrogens is 380 g/mol. The molecule has 0 bridgehead atoms. The number of nitrogens with zero attached hydrogens (tertiary/aromatic N) is 2. The number of hydrogen-bond acceptors (Lipinski definition) is 2. The van der Waals surface area contributed by atoms with Crippen LogP contribution in [-0.2, 0) is 4.79 Å². The summed E-state index contributed by atoms with van der Waals surface area (Å²) in [6.45, 7) is 4.24. The highest BCUT2D eigenvalue weighted by Gasteiger charge is 2.33. The lowest BCUT2D eigenvalue weighted by Gasteiger charge is -2.41. The van der Waals surface area contributed by atoms with Crippen molar-refractivity contribution < 1.29 is 9.59 Å². The molecule has 128 valence electrons. The summed E-state index contributed by atoms with van der Waals surface area (Å²) in [5, 5.41) is 0. The van der Waals surface area contributed by atoms with E-state index in [2.05, 4.69) is 28.6 Å². The van der Waals surface area contributed by atoms with E-state index in [0.29, 0.717) is 5.56 Å². The zero-order valence-corrected chi connectivity index (χ0v) is 15.6. The van der Waals surface area contributed by atoms with Crippen LogP contribution in [0.1, 0.15) is 28.4 Å². The average molecular weight is 399 g/mol. The number of anilines is 1. The van der Waals surface area contributed by atoms with Gasteiger partial charge in [-0.05, 0) is 54.5 Å². The minimum atomic E-state index is -0.184. The number of amides is 2. The van der Waals surface area contributed by atoms with Crippen LogP contribution in [0.3, 0.4) is 0 Å². The molecule has 1 heterocycles. The predicted octanol–water partition coefficient (Wildman–Crippen LogP) is 4.19. The SMILES string of the molecule is C=CC(=O)N(C)c1ccc(C(=O)N2CCC2c2cccc(Br)c2)cc1. The van der Waals surface area contributed by atoms with Crippen LogP contribution in [0.2, 0.25) is 0 Å². The van der Waals surface area contributed by atoms with Gasteiger partial charge in [-0.3, -0.25) is 9.59 Å². The normalized spacial score (nSPS) is 16.1. The van der Waals surface area contributed by atoms with Gasteiger partial charge in [0.1, 0.15) is 0 Å². The highest BCUT2D eigenvalue weighted by atomic mass is 79.9. The van der Waals surface area contributed by atoms with Crippen molar-refractivity contribution >= 4 is 33.4 Å². The summed E-state index contributed by atoms with van der Waals surface area (Å²) >= 11 is 3.48. The number of hydrogen-bond donors (Lipinski definition) is 0. The highest BCUT2D eigenvalue weighted by Crippen LogP contribution is 2.35. The fraction of sp³-hybridized carbons (Fsp3) is 0.200. The Labute approximate surface area is 155 Å². The van der Waals surface area contributed by atoms with E-state index >= 15 is 0 Å². The Bertz CT molecular complexity index is 817. The Morgan fingerprint density at radius 1 is 1.24 bits per heavy atom. The molecule has 1 aliphatic heterocycles. The lowest BCUT2D eigenvalue weighted by atomic mass is 9.93. The second kappa shape index (κ2) is 7.23. The minimum Gasteiger partial charge on any atom is -0.331 e. The summed E-state index contributed by atoms with van der Waals surface area (Å²) in [6, 6.07) is 15.3. The van der Waals surface area contributed by atoms with E-state index in [0.717, 1.165) is 28.7 Å². The van der Waals surface area contributed by atoms with Crippen LogP contribution in [0.15, 0.2) is 65.7 Å². The van der Waals surface area contributed by atoms with Crippen molar-refractivity contribution in [2.75, 3.05) is 18.5 Å². The molecule has 1 atom stereocenters. The van der Waals surface area contributed by atoms with Crippen molar-refractivity contribution in [3.63, 3.8) is 0 Å². The van der Waals surface area contributed by atoms with Crippen LogP contribution < -0.4 is 4.90 Å². The quantitative estimate of drug-likeness (QED) is 0.724. The van der Waals surface area contributed by atoms with Crippen molar-refractivity contribution in [3.8, 4) is 0 Å². The number of rotatable bonds is 4. The zero-order valence-electron chi connectivity index (χ0n) is 14.0. The predicted molar refractivity (Wildman–Crippen MR) is 103 cm³/mol. The Kier molecular flexibility index (Phi) is 5.04. The van der Waals surface area contributed by atoms with E-state index in [4.69, 9.17) is 0 Å². The standard InChI is InChI=1S/C20H19BrN2O2/c1-3-19(24)22(2)17-9-7-14(8-10-17)20(25)23-12-11-18(23)15-5-4-6-16(21)13-15/h3-10,13,18H,1,11-12H2,2H3. The van der Waals surface area contributed by atoms with Gasteiger partial charge in [0.25, 0.3) is 5.91 Å². The molecular formula is C20H19BrN2O2. The molecule has 0 radical (unpaired) electrons. The van der Waals surface area contributed by atoms with E-state index in [9.17, 15) is 9.59 Å². The van der Waals surface area contributed by atoms with Gasteiger partial charge < -0.3 is 9.80 Å². The van der Waals surface area contributed by atoms with E-state index in [1.165, 1.54) is 11.0 Å². The second-order valence-corrected chi connectivity index (χ2v) is 6.92. The van der Waals surface area contributed by atoms with Crippen LogP contribution in [0, 0.1) is 0 Å². The van der Waals surface area contributed by atoms with Crippen LogP contribution in [-0.4, -0.2) is 30.3 Å². The van der Waals surface area contributed by atoms with Crippen molar-refractivity contribution in [1.82, 2.24) is 4.90 Å². The molecule has 4 nitrogen and oxygen atoms in total. The topological polar surface area (TPSA) is 40.6 Å². The minimum absolute atomic E-state index is 0.0143. The van der Waals surface area contributed by atoms with Gasteiger partial charge in [0, 0.05) is 29.3 Å². The smallest absolute Gasteiger partial charge is 0.254 e. The number of carbonyl (C=O) groups excluding carboxylic acids is 2. The summed E-state index contributed by atoms with van der Waals surface area (Å²) in [7, 11) is 1.68. The van der Waals surface area contributed by atoms with Crippen molar-refractivity contribution in [2.45, 2.75) is 12.5 Å². The first-order valence-electron chi connectivity index (χ1n) is 8.08. The first-order valence-corrected chi connectivity index (χ1v) is 8.87. The first-order chi connectivity index (χ1) is 12.0. The third kappa shape index (κ3) is 3.51. The molecule has 1 saturated heterocycles.